The summed E-state index contributed by atoms with van der Waals surface area (Å²) in [5.74, 6) is 0.584. The van der Waals surface area contributed by atoms with Crippen LogP contribution in [-0.4, -0.2) is 23.1 Å². The molecule has 1 aromatic carbocycles. The first-order chi connectivity index (χ1) is 10.7. The van der Waals surface area contributed by atoms with E-state index in [1.54, 1.807) is 12.4 Å². The molecule has 1 aliphatic rings. The summed E-state index contributed by atoms with van der Waals surface area (Å²) >= 11 is 0. The Labute approximate surface area is 129 Å². The predicted octanol–water partition coefficient (Wildman–Crippen LogP) is 2.78. The summed E-state index contributed by atoms with van der Waals surface area (Å²) in [6.45, 7) is 2.38. The monoisotopic (exact) mass is 298 g/mol. The van der Waals surface area contributed by atoms with Crippen LogP contribution in [0.15, 0.2) is 48.8 Å². The Balaban J connectivity index is 1.55. The molecule has 2 aromatic rings. The molecule has 1 aliphatic heterocycles. The zero-order chi connectivity index (χ0) is 15.4. The summed E-state index contributed by atoms with van der Waals surface area (Å²) in [7, 11) is 0. The predicted molar refractivity (Wildman–Crippen MR) is 82.6 cm³/mol. The Morgan fingerprint density at radius 2 is 2.14 bits per heavy atom. The molecular weight excluding hydrogens is 280 g/mol. The molecule has 0 amide bonds. The molecule has 5 nitrogen and oxygen atoms in total. The number of pyridine rings is 1. The maximum absolute atomic E-state index is 11.6. The third-order valence-corrected chi connectivity index (χ3v) is 3.49. The highest BCUT2D eigenvalue weighted by atomic mass is 16.6. The van der Waals surface area contributed by atoms with Gasteiger partial charge in [0.25, 0.3) is 0 Å². The zero-order valence-electron chi connectivity index (χ0n) is 12.4. The van der Waals surface area contributed by atoms with Gasteiger partial charge in [-0.25, -0.2) is 4.79 Å². The number of carbonyl (C=O) groups is 1. The fourth-order valence-electron chi connectivity index (χ4n) is 2.37. The number of benzene rings is 1. The van der Waals surface area contributed by atoms with Crippen molar-refractivity contribution >= 4 is 11.7 Å². The first kappa shape index (κ1) is 14.4. The summed E-state index contributed by atoms with van der Waals surface area (Å²) in [6.07, 6.45) is 4.19. The van der Waals surface area contributed by atoms with E-state index in [1.807, 2.05) is 43.3 Å². The number of hydrogen-bond donors (Lipinski definition) is 1. The van der Waals surface area contributed by atoms with Gasteiger partial charge in [-0.15, -0.1) is 0 Å². The Morgan fingerprint density at radius 3 is 2.77 bits per heavy atom. The summed E-state index contributed by atoms with van der Waals surface area (Å²) in [6, 6.07) is 11.1. The number of carbonyl (C=O) groups excluding carboxylic acids is 1. The number of hydrogen-bond acceptors (Lipinski definition) is 5. The first-order valence-electron chi connectivity index (χ1n) is 7.29. The highest BCUT2D eigenvalue weighted by molar-refractivity contribution is 5.81. The van der Waals surface area contributed by atoms with Crippen molar-refractivity contribution in [3.63, 3.8) is 0 Å². The second-order valence-electron chi connectivity index (χ2n) is 5.35. The average molecular weight is 298 g/mol. The second-order valence-corrected chi connectivity index (χ2v) is 5.35. The van der Waals surface area contributed by atoms with Crippen LogP contribution < -0.4 is 10.1 Å². The van der Waals surface area contributed by atoms with Crippen LogP contribution in [0.2, 0.25) is 0 Å². The molecule has 114 valence electrons. The van der Waals surface area contributed by atoms with Crippen molar-refractivity contribution in [2.24, 2.45) is 0 Å². The first-order valence-corrected chi connectivity index (χ1v) is 7.29. The van der Waals surface area contributed by atoms with E-state index in [9.17, 15) is 4.79 Å². The van der Waals surface area contributed by atoms with E-state index in [0.29, 0.717) is 13.0 Å². The van der Waals surface area contributed by atoms with Crippen molar-refractivity contribution < 1.29 is 14.3 Å². The van der Waals surface area contributed by atoms with Crippen LogP contribution in [0.4, 0.5) is 5.69 Å². The van der Waals surface area contributed by atoms with Crippen LogP contribution in [-0.2, 0) is 16.1 Å². The average Bonchev–Trinajstić information content (AvgIpc) is 2.85. The molecule has 1 saturated heterocycles. The SMILES string of the molecule is C[C@H]1C[C@H](Nc2ccc(OCc3cccnc3)cc2)C(=O)O1. The highest BCUT2D eigenvalue weighted by Crippen LogP contribution is 2.21. The number of anilines is 1. The van der Waals surface area contributed by atoms with Gasteiger partial charge in [0.05, 0.1) is 0 Å². The van der Waals surface area contributed by atoms with Crippen molar-refractivity contribution in [2.75, 3.05) is 5.32 Å². The van der Waals surface area contributed by atoms with E-state index < -0.39 is 0 Å². The number of aromatic nitrogens is 1. The van der Waals surface area contributed by atoms with E-state index in [1.165, 1.54) is 0 Å². The molecule has 1 N–H and O–H groups in total. The molecule has 2 heterocycles. The third kappa shape index (κ3) is 3.55. The molecule has 3 rings (SSSR count). The minimum absolute atomic E-state index is 0.0212. The normalized spacial score (nSPS) is 20.5. The Bertz CT molecular complexity index is 628. The van der Waals surface area contributed by atoms with E-state index in [0.717, 1.165) is 17.0 Å². The number of nitrogens with zero attached hydrogens (tertiary/aromatic N) is 1. The molecular formula is C17H18N2O3. The van der Waals surface area contributed by atoms with E-state index in [4.69, 9.17) is 9.47 Å². The lowest BCUT2D eigenvalue weighted by Crippen LogP contribution is -2.24. The molecule has 0 bridgehead atoms. The van der Waals surface area contributed by atoms with Gasteiger partial charge < -0.3 is 14.8 Å². The third-order valence-electron chi connectivity index (χ3n) is 3.49. The zero-order valence-corrected chi connectivity index (χ0v) is 12.4. The molecule has 22 heavy (non-hydrogen) atoms. The summed E-state index contributed by atoms with van der Waals surface area (Å²) < 4.78 is 10.8. The summed E-state index contributed by atoms with van der Waals surface area (Å²) in [4.78, 5) is 15.6. The van der Waals surface area contributed by atoms with Crippen LogP contribution in [0.5, 0.6) is 5.75 Å². The van der Waals surface area contributed by atoms with E-state index in [-0.39, 0.29) is 18.1 Å². The Morgan fingerprint density at radius 1 is 1.32 bits per heavy atom. The van der Waals surface area contributed by atoms with Crippen LogP contribution in [0, 0.1) is 0 Å². The lowest BCUT2D eigenvalue weighted by molar-refractivity contribution is -0.141. The molecule has 1 aromatic heterocycles. The molecule has 0 unspecified atom stereocenters. The lowest BCUT2D eigenvalue weighted by atomic mass is 10.2. The van der Waals surface area contributed by atoms with Crippen molar-refractivity contribution in [1.29, 1.82) is 0 Å². The lowest BCUT2D eigenvalue weighted by Gasteiger charge is -2.11. The van der Waals surface area contributed by atoms with Crippen LogP contribution in [0.25, 0.3) is 0 Å². The van der Waals surface area contributed by atoms with Crippen molar-refractivity contribution in [2.45, 2.75) is 32.1 Å². The van der Waals surface area contributed by atoms with Gasteiger partial charge in [0.1, 0.15) is 24.5 Å². The fourth-order valence-corrected chi connectivity index (χ4v) is 2.37. The van der Waals surface area contributed by atoms with Crippen molar-refractivity contribution in [3.8, 4) is 5.75 Å². The smallest absolute Gasteiger partial charge is 0.328 e. The van der Waals surface area contributed by atoms with Gasteiger partial charge in [-0.3, -0.25) is 4.98 Å². The van der Waals surface area contributed by atoms with Crippen LogP contribution in [0.3, 0.4) is 0 Å². The number of nitrogens with one attached hydrogen (secondary N) is 1. The number of cyclic esters (lactones) is 1. The minimum atomic E-state index is -0.267. The van der Waals surface area contributed by atoms with Gasteiger partial charge in [0.15, 0.2) is 0 Å². The number of rotatable bonds is 5. The molecule has 0 aliphatic carbocycles. The summed E-state index contributed by atoms with van der Waals surface area (Å²) in [5.41, 5.74) is 1.90. The molecule has 0 saturated carbocycles. The van der Waals surface area contributed by atoms with Gasteiger partial charge in [-0.2, -0.15) is 0 Å². The fraction of sp³-hybridized carbons (Fsp3) is 0.294. The second kappa shape index (κ2) is 6.47. The molecule has 2 atom stereocenters. The maximum atomic E-state index is 11.6. The summed E-state index contributed by atoms with van der Waals surface area (Å²) in [5, 5.41) is 3.18. The Hall–Kier alpha value is -2.56. The highest BCUT2D eigenvalue weighted by Gasteiger charge is 2.31. The van der Waals surface area contributed by atoms with Gasteiger partial charge in [0.2, 0.25) is 0 Å². The van der Waals surface area contributed by atoms with Gasteiger partial charge >= 0.3 is 5.97 Å². The van der Waals surface area contributed by atoms with Crippen LogP contribution in [0.1, 0.15) is 18.9 Å². The standard InChI is InChI=1S/C17H18N2O3/c1-12-9-16(17(20)22-12)19-14-4-6-15(7-5-14)21-11-13-3-2-8-18-10-13/h2-8,10,12,16,19H,9,11H2,1H3/t12-,16-/m0/s1. The molecule has 5 heteroatoms. The van der Waals surface area contributed by atoms with Gasteiger partial charge in [0, 0.05) is 30.1 Å². The molecule has 1 fully saturated rings. The van der Waals surface area contributed by atoms with E-state index in [2.05, 4.69) is 10.3 Å². The molecule has 0 radical (unpaired) electrons. The van der Waals surface area contributed by atoms with Gasteiger partial charge in [-0.1, -0.05) is 6.07 Å². The maximum Gasteiger partial charge on any atom is 0.328 e. The topological polar surface area (TPSA) is 60.5 Å². The largest absolute Gasteiger partial charge is 0.489 e. The number of ether oxygens (including phenoxy) is 2. The number of esters is 1. The van der Waals surface area contributed by atoms with Crippen LogP contribution >= 0.6 is 0 Å². The van der Waals surface area contributed by atoms with Gasteiger partial charge in [-0.05, 0) is 37.3 Å². The van der Waals surface area contributed by atoms with Crippen molar-refractivity contribution in [3.05, 3.63) is 54.4 Å². The van der Waals surface area contributed by atoms with E-state index >= 15 is 0 Å². The quantitative estimate of drug-likeness (QED) is 0.860. The van der Waals surface area contributed by atoms with Crippen molar-refractivity contribution in [1.82, 2.24) is 4.98 Å². The Kier molecular flexibility index (Phi) is 4.23. The minimum Gasteiger partial charge on any atom is -0.489 e. The molecule has 0 spiro atoms.